The number of aromatic amines is 1. The highest BCUT2D eigenvalue weighted by molar-refractivity contribution is 8.00. The summed E-state index contributed by atoms with van der Waals surface area (Å²) in [4.78, 5) is 15.4. The van der Waals surface area contributed by atoms with Crippen molar-refractivity contribution in [3.8, 4) is 0 Å². The van der Waals surface area contributed by atoms with Gasteiger partial charge < -0.3 is 14.8 Å². The molecule has 1 aromatic heterocycles. The van der Waals surface area contributed by atoms with E-state index in [1.165, 1.54) is 0 Å². The van der Waals surface area contributed by atoms with Gasteiger partial charge in [0.15, 0.2) is 5.78 Å². The number of benzene rings is 1. The van der Waals surface area contributed by atoms with Gasteiger partial charge in [-0.15, -0.1) is 0 Å². The Hall–Kier alpha value is -1.30. The van der Waals surface area contributed by atoms with Crippen LogP contribution >= 0.6 is 11.8 Å². The van der Waals surface area contributed by atoms with E-state index in [4.69, 9.17) is 4.74 Å². The molecule has 0 saturated carbocycles. The largest absolute Gasteiger partial charge is 0.396 e. The third kappa shape index (κ3) is 2.49. The number of nitrogens with one attached hydrogen (secondary N) is 1. The number of Topliss-reactive ketones (excluding diaryl/α,β-unsaturated/α-hetero) is 1. The first-order chi connectivity index (χ1) is 9.74. The van der Waals surface area contributed by atoms with E-state index in [9.17, 15) is 9.90 Å². The second-order valence-corrected chi connectivity index (χ2v) is 6.30. The number of hydrogen-bond acceptors (Lipinski definition) is 4. The van der Waals surface area contributed by atoms with E-state index in [1.807, 2.05) is 24.3 Å². The molecular formula is C15H17NO3S. The van der Waals surface area contributed by atoms with Crippen molar-refractivity contribution in [2.24, 2.45) is 5.41 Å². The zero-order valence-electron chi connectivity index (χ0n) is 11.1. The molecule has 3 rings (SSSR count). The van der Waals surface area contributed by atoms with Crippen LogP contribution in [0.4, 0.5) is 0 Å². The molecule has 0 unspecified atom stereocenters. The molecular weight excluding hydrogens is 274 g/mol. The number of ether oxygens (including phenoxy) is 1. The Kier molecular flexibility index (Phi) is 3.83. The molecule has 2 N–H and O–H groups in total. The van der Waals surface area contributed by atoms with Crippen molar-refractivity contribution in [2.75, 3.05) is 31.3 Å². The minimum absolute atomic E-state index is 0.126. The molecule has 0 aliphatic carbocycles. The number of aliphatic hydroxyl groups excluding tert-OH is 1. The second-order valence-electron chi connectivity index (χ2n) is 5.31. The monoisotopic (exact) mass is 291 g/mol. The number of aliphatic hydroxyl groups is 1. The number of fused-ring (bicyclic) bond motifs is 1. The number of thioether (sulfide) groups is 1. The van der Waals surface area contributed by atoms with Gasteiger partial charge in [-0.1, -0.05) is 18.2 Å². The van der Waals surface area contributed by atoms with Crippen LogP contribution in [-0.4, -0.2) is 47.2 Å². The van der Waals surface area contributed by atoms with Crippen molar-refractivity contribution >= 4 is 28.4 Å². The molecule has 0 bridgehead atoms. The molecule has 1 fully saturated rings. The number of carbonyl (C=O) groups excluding carboxylic acids is 1. The number of H-pyrrole nitrogens is 1. The van der Waals surface area contributed by atoms with Crippen LogP contribution in [0.2, 0.25) is 0 Å². The Balaban J connectivity index is 1.62. The van der Waals surface area contributed by atoms with Gasteiger partial charge in [0.25, 0.3) is 0 Å². The molecule has 0 radical (unpaired) electrons. The predicted molar refractivity (Wildman–Crippen MR) is 80.3 cm³/mol. The summed E-state index contributed by atoms with van der Waals surface area (Å²) in [5.41, 5.74) is 1.60. The fraction of sp³-hybridized carbons (Fsp3) is 0.400. The fourth-order valence-electron chi connectivity index (χ4n) is 2.35. The van der Waals surface area contributed by atoms with Crippen molar-refractivity contribution in [2.45, 2.75) is 0 Å². The number of ketones is 1. The fourth-order valence-corrected chi connectivity index (χ4v) is 3.49. The lowest BCUT2D eigenvalue weighted by atomic mass is 9.90. The van der Waals surface area contributed by atoms with Gasteiger partial charge in [-0.25, -0.2) is 0 Å². The first kappa shape index (κ1) is 13.7. The van der Waals surface area contributed by atoms with Crippen molar-refractivity contribution in [1.82, 2.24) is 4.98 Å². The SMILES string of the molecule is O=C(CSCC1(CO)COC1)c1c[nH]c2ccccc12. The molecule has 0 amide bonds. The molecule has 106 valence electrons. The Morgan fingerprint density at radius 3 is 2.90 bits per heavy atom. The Morgan fingerprint density at radius 2 is 2.20 bits per heavy atom. The number of hydrogen-bond donors (Lipinski definition) is 2. The van der Waals surface area contributed by atoms with Crippen LogP contribution < -0.4 is 0 Å². The van der Waals surface area contributed by atoms with Gasteiger partial charge in [0.05, 0.1) is 25.6 Å². The van der Waals surface area contributed by atoms with Gasteiger partial charge >= 0.3 is 0 Å². The van der Waals surface area contributed by atoms with Crippen molar-refractivity contribution in [3.63, 3.8) is 0 Å². The highest BCUT2D eigenvalue weighted by atomic mass is 32.2. The van der Waals surface area contributed by atoms with Crippen molar-refractivity contribution < 1.29 is 14.6 Å². The number of aromatic nitrogens is 1. The van der Waals surface area contributed by atoms with Gasteiger partial charge in [-0.2, -0.15) is 11.8 Å². The maximum Gasteiger partial charge on any atom is 0.174 e. The van der Waals surface area contributed by atoms with Crippen LogP contribution in [0.15, 0.2) is 30.5 Å². The lowest BCUT2D eigenvalue weighted by Crippen LogP contribution is -2.47. The van der Waals surface area contributed by atoms with Gasteiger partial charge in [0, 0.05) is 33.8 Å². The quantitative estimate of drug-likeness (QED) is 0.800. The molecule has 2 aromatic rings. The summed E-state index contributed by atoms with van der Waals surface area (Å²) in [5, 5.41) is 10.3. The highest BCUT2D eigenvalue weighted by Crippen LogP contribution is 2.31. The maximum atomic E-state index is 12.3. The lowest BCUT2D eigenvalue weighted by Gasteiger charge is -2.39. The van der Waals surface area contributed by atoms with Gasteiger partial charge in [-0.3, -0.25) is 4.79 Å². The molecule has 4 nitrogen and oxygen atoms in total. The Bertz CT molecular complexity index is 613. The van der Waals surface area contributed by atoms with E-state index in [0.717, 1.165) is 22.2 Å². The zero-order valence-corrected chi connectivity index (χ0v) is 11.9. The van der Waals surface area contributed by atoms with Crippen molar-refractivity contribution in [1.29, 1.82) is 0 Å². The topological polar surface area (TPSA) is 62.3 Å². The Morgan fingerprint density at radius 1 is 1.40 bits per heavy atom. The summed E-state index contributed by atoms with van der Waals surface area (Å²) in [6.45, 7) is 1.32. The van der Waals surface area contributed by atoms with Crippen LogP contribution in [0.25, 0.3) is 10.9 Å². The molecule has 0 atom stereocenters. The molecule has 5 heteroatoms. The molecule has 1 aliphatic heterocycles. The third-order valence-corrected chi connectivity index (χ3v) is 4.97. The van der Waals surface area contributed by atoms with Crippen LogP contribution in [0.1, 0.15) is 10.4 Å². The molecule has 0 spiro atoms. The zero-order chi connectivity index (χ0) is 14.0. The Labute approximate surface area is 121 Å². The minimum Gasteiger partial charge on any atom is -0.396 e. The minimum atomic E-state index is -0.134. The van der Waals surface area contributed by atoms with Gasteiger partial charge in [0.1, 0.15) is 0 Å². The number of carbonyl (C=O) groups is 1. The van der Waals surface area contributed by atoms with E-state index in [0.29, 0.717) is 19.0 Å². The standard InChI is InChI=1S/C15H17NO3S/c17-7-15(8-19-9-15)10-20-6-14(18)12-5-16-13-4-2-1-3-11(12)13/h1-5,16-17H,6-10H2. The average molecular weight is 291 g/mol. The normalized spacial score (nSPS) is 17.1. The smallest absolute Gasteiger partial charge is 0.174 e. The summed E-state index contributed by atoms with van der Waals surface area (Å²) < 4.78 is 5.15. The average Bonchev–Trinajstić information content (AvgIpc) is 2.85. The predicted octanol–water partition coefficient (Wildman–Crippen LogP) is 2.09. The van der Waals surface area contributed by atoms with E-state index in [2.05, 4.69) is 4.98 Å². The van der Waals surface area contributed by atoms with Gasteiger partial charge in [0.2, 0.25) is 0 Å². The highest BCUT2D eigenvalue weighted by Gasteiger charge is 2.37. The van der Waals surface area contributed by atoms with Crippen LogP contribution in [0, 0.1) is 5.41 Å². The number of rotatable bonds is 6. The number of para-hydroxylation sites is 1. The van der Waals surface area contributed by atoms with E-state index in [1.54, 1.807) is 18.0 Å². The molecule has 1 saturated heterocycles. The van der Waals surface area contributed by atoms with Crippen LogP contribution in [0.3, 0.4) is 0 Å². The van der Waals surface area contributed by atoms with Gasteiger partial charge in [-0.05, 0) is 6.07 Å². The van der Waals surface area contributed by atoms with Crippen LogP contribution in [-0.2, 0) is 4.74 Å². The summed E-state index contributed by atoms with van der Waals surface area (Å²) in [6, 6.07) is 7.81. The summed E-state index contributed by atoms with van der Waals surface area (Å²) in [5.74, 6) is 1.32. The van der Waals surface area contributed by atoms with E-state index < -0.39 is 0 Å². The first-order valence-corrected chi connectivity index (χ1v) is 7.75. The summed E-state index contributed by atoms with van der Waals surface area (Å²) >= 11 is 1.57. The lowest BCUT2D eigenvalue weighted by molar-refractivity contribution is -0.121. The van der Waals surface area contributed by atoms with Crippen LogP contribution in [0.5, 0.6) is 0 Å². The molecule has 20 heavy (non-hydrogen) atoms. The van der Waals surface area contributed by atoms with E-state index in [-0.39, 0.29) is 17.8 Å². The second kappa shape index (κ2) is 5.60. The maximum absolute atomic E-state index is 12.3. The van der Waals surface area contributed by atoms with Crippen molar-refractivity contribution in [3.05, 3.63) is 36.0 Å². The molecule has 1 aliphatic rings. The summed E-state index contributed by atoms with van der Waals surface area (Å²) in [7, 11) is 0. The molecule has 2 heterocycles. The first-order valence-electron chi connectivity index (χ1n) is 6.60. The summed E-state index contributed by atoms with van der Waals surface area (Å²) in [6.07, 6.45) is 1.78. The van der Waals surface area contributed by atoms with E-state index >= 15 is 0 Å². The third-order valence-electron chi connectivity index (χ3n) is 3.68. The molecule has 1 aromatic carbocycles.